The number of sulfonamides is 1. The van der Waals surface area contributed by atoms with Gasteiger partial charge in [0.1, 0.15) is 0 Å². The second-order valence-electron chi connectivity index (χ2n) is 4.45. The van der Waals surface area contributed by atoms with Crippen LogP contribution >= 0.6 is 0 Å². The van der Waals surface area contributed by atoms with Crippen LogP contribution in [0.25, 0.3) is 0 Å². The van der Waals surface area contributed by atoms with Crippen molar-refractivity contribution in [3.05, 3.63) is 48.5 Å². The molecule has 0 radical (unpaired) electrons. The minimum absolute atomic E-state index is 0.0304. The van der Waals surface area contributed by atoms with Crippen LogP contribution in [0.15, 0.2) is 42.9 Å². The van der Waals surface area contributed by atoms with Crippen LogP contribution < -0.4 is 10.0 Å². The Bertz CT molecular complexity index is 674. The van der Waals surface area contributed by atoms with E-state index in [0.717, 1.165) is 17.6 Å². The van der Waals surface area contributed by atoms with Gasteiger partial charge in [0.25, 0.3) is 0 Å². The van der Waals surface area contributed by atoms with Crippen molar-refractivity contribution in [2.24, 2.45) is 0 Å². The standard InChI is InChI=1S/C13H16N4O2S/c1-10(13-9-14-6-7-15-13)16-11-4-3-5-12(8-11)17-20(2,18)19/h3-10,16-17H,1-2H3. The number of rotatable bonds is 5. The highest BCUT2D eigenvalue weighted by atomic mass is 32.2. The van der Waals surface area contributed by atoms with Crippen LogP contribution in [0.2, 0.25) is 0 Å². The maximum Gasteiger partial charge on any atom is 0.229 e. The minimum Gasteiger partial charge on any atom is -0.377 e. The molecule has 0 spiro atoms. The largest absolute Gasteiger partial charge is 0.377 e. The van der Waals surface area contributed by atoms with Gasteiger partial charge in [0.05, 0.1) is 29.9 Å². The Balaban J connectivity index is 2.12. The van der Waals surface area contributed by atoms with Gasteiger partial charge in [-0.25, -0.2) is 8.42 Å². The van der Waals surface area contributed by atoms with Gasteiger partial charge in [-0.3, -0.25) is 14.7 Å². The Labute approximate surface area is 118 Å². The summed E-state index contributed by atoms with van der Waals surface area (Å²) in [5, 5.41) is 3.25. The van der Waals surface area contributed by atoms with Crippen molar-refractivity contribution >= 4 is 21.4 Å². The molecule has 2 N–H and O–H groups in total. The molecule has 1 atom stereocenters. The lowest BCUT2D eigenvalue weighted by molar-refractivity contribution is 0.607. The highest BCUT2D eigenvalue weighted by Crippen LogP contribution is 2.20. The molecule has 0 aliphatic heterocycles. The van der Waals surface area contributed by atoms with E-state index in [2.05, 4.69) is 20.0 Å². The molecule has 7 heteroatoms. The third-order valence-corrected chi connectivity index (χ3v) is 3.18. The highest BCUT2D eigenvalue weighted by molar-refractivity contribution is 7.92. The lowest BCUT2D eigenvalue weighted by atomic mass is 10.2. The van der Waals surface area contributed by atoms with Crippen LogP contribution in [0.1, 0.15) is 18.7 Å². The monoisotopic (exact) mass is 292 g/mol. The predicted molar refractivity (Wildman–Crippen MR) is 79.0 cm³/mol. The highest BCUT2D eigenvalue weighted by Gasteiger charge is 2.08. The first-order valence-corrected chi connectivity index (χ1v) is 7.93. The smallest absolute Gasteiger partial charge is 0.229 e. The molecule has 106 valence electrons. The summed E-state index contributed by atoms with van der Waals surface area (Å²) >= 11 is 0. The van der Waals surface area contributed by atoms with Crippen LogP contribution in [0.5, 0.6) is 0 Å². The average Bonchev–Trinajstić information content (AvgIpc) is 2.38. The molecule has 1 heterocycles. The second-order valence-corrected chi connectivity index (χ2v) is 6.20. The van der Waals surface area contributed by atoms with E-state index >= 15 is 0 Å². The number of nitrogens with one attached hydrogen (secondary N) is 2. The van der Waals surface area contributed by atoms with Crippen LogP contribution in [0.4, 0.5) is 11.4 Å². The van der Waals surface area contributed by atoms with E-state index < -0.39 is 10.0 Å². The van der Waals surface area contributed by atoms with Crippen LogP contribution in [-0.4, -0.2) is 24.6 Å². The van der Waals surface area contributed by atoms with E-state index in [9.17, 15) is 8.42 Å². The zero-order chi connectivity index (χ0) is 14.6. The van der Waals surface area contributed by atoms with E-state index in [1.165, 1.54) is 0 Å². The summed E-state index contributed by atoms with van der Waals surface area (Å²) in [5.74, 6) is 0. The van der Waals surface area contributed by atoms with E-state index in [4.69, 9.17) is 0 Å². The summed E-state index contributed by atoms with van der Waals surface area (Å²) < 4.78 is 24.9. The molecule has 0 saturated heterocycles. The fraction of sp³-hybridized carbons (Fsp3) is 0.231. The first kappa shape index (κ1) is 14.3. The molecule has 0 amide bonds. The number of hydrogen-bond donors (Lipinski definition) is 2. The fourth-order valence-electron chi connectivity index (χ4n) is 1.74. The summed E-state index contributed by atoms with van der Waals surface area (Å²) in [7, 11) is -3.27. The number of benzene rings is 1. The van der Waals surface area contributed by atoms with Gasteiger partial charge in [-0.1, -0.05) is 6.07 Å². The van der Waals surface area contributed by atoms with Gasteiger partial charge in [-0.15, -0.1) is 0 Å². The van der Waals surface area contributed by atoms with Crippen molar-refractivity contribution in [2.45, 2.75) is 13.0 Å². The maximum absolute atomic E-state index is 11.2. The molecular formula is C13H16N4O2S. The van der Waals surface area contributed by atoms with Crippen molar-refractivity contribution in [2.75, 3.05) is 16.3 Å². The first-order chi connectivity index (χ1) is 9.44. The summed E-state index contributed by atoms with van der Waals surface area (Å²) in [4.78, 5) is 8.24. The molecule has 1 unspecified atom stereocenters. The topological polar surface area (TPSA) is 84.0 Å². The number of aromatic nitrogens is 2. The van der Waals surface area contributed by atoms with E-state index in [0.29, 0.717) is 5.69 Å². The number of hydrogen-bond acceptors (Lipinski definition) is 5. The summed E-state index contributed by atoms with van der Waals surface area (Å²) in [6.45, 7) is 1.96. The van der Waals surface area contributed by atoms with Crippen LogP contribution in [-0.2, 0) is 10.0 Å². The van der Waals surface area contributed by atoms with Crippen LogP contribution in [0, 0.1) is 0 Å². The quantitative estimate of drug-likeness (QED) is 0.880. The Hall–Kier alpha value is -2.15. The first-order valence-electron chi connectivity index (χ1n) is 6.04. The Morgan fingerprint density at radius 2 is 1.95 bits per heavy atom. The van der Waals surface area contributed by atoms with Crippen molar-refractivity contribution in [3.63, 3.8) is 0 Å². The van der Waals surface area contributed by atoms with Gasteiger partial charge in [0.2, 0.25) is 10.0 Å². The van der Waals surface area contributed by atoms with Crippen molar-refractivity contribution < 1.29 is 8.42 Å². The summed E-state index contributed by atoms with van der Waals surface area (Å²) in [6, 6.07) is 7.03. The Morgan fingerprint density at radius 3 is 2.60 bits per heavy atom. The second kappa shape index (κ2) is 5.87. The summed E-state index contributed by atoms with van der Waals surface area (Å²) in [6.07, 6.45) is 6.06. The van der Waals surface area contributed by atoms with Crippen molar-refractivity contribution in [1.82, 2.24) is 9.97 Å². The van der Waals surface area contributed by atoms with Gasteiger partial charge in [-0.05, 0) is 25.1 Å². The molecule has 20 heavy (non-hydrogen) atoms. The van der Waals surface area contributed by atoms with Gasteiger partial charge >= 0.3 is 0 Å². The normalized spacial score (nSPS) is 12.7. The van der Waals surface area contributed by atoms with Gasteiger partial charge in [0.15, 0.2) is 0 Å². The predicted octanol–water partition coefficient (Wildman–Crippen LogP) is 2.02. The molecule has 0 fully saturated rings. The van der Waals surface area contributed by atoms with E-state index in [-0.39, 0.29) is 6.04 Å². The van der Waals surface area contributed by atoms with Crippen molar-refractivity contribution in [1.29, 1.82) is 0 Å². The zero-order valence-electron chi connectivity index (χ0n) is 11.2. The zero-order valence-corrected chi connectivity index (χ0v) is 12.1. The Morgan fingerprint density at radius 1 is 1.20 bits per heavy atom. The van der Waals surface area contributed by atoms with Crippen molar-refractivity contribution in [3.8, 4) is 0 Å². The fourth-order valence-corrected chi connectivity index (χ4v) is 2.30. The number of nitrogens with zero attached hydrogens (tertiary/aromatic N) is 2. The molecule has 1 aromatic carbocycles. The Kier molecular flexibility index (Phi) is 4.19. The molecule has 0 aliphatic carbocycles. The SMILES string of the molecule is CC(Nc1cccc(NS(C)(=O)=O)c1)c1cnccn1. The van der Waals surface area contributed by atoms with Gasteiger partial charge in [-0.2, -0.15) is 0 Å². The molecular weight excluding hydrogens is 276 g/mol. The molecule has 6 nitrogen and oxygen atoms in total. The van der Waals surface area contributed by atoms with E-state index in [1.807, 2.05) is 13.0 Å². The maximum atomic E-state index is 11.2. The molecule has 2 rings (SSSR count). The lowest BCUT2D eigenvalue weighted by Gasteiger charge is -2.15. The summed E-state index contributed by atoms with van der Waals surface area (Å²) in [5.41, 5.74) is 2.13. The van der Waals surface area contributed by atoms with Gasteiger partial charge < -0.3 is 5.32 Å². The van der Waals surface area contributed by atoms with Gasteiger partial charge in [0, 0.05) is 18.1 Å². The minimum atomic E-state index is -3.27. The number of anilines is 2. The molecule has 0 aliphatic rings. The average molecular weight is 292 g/mol. The molecule has 0 saturated carbocycles. The third-order valence-electron chi connectivity index (χ3n) is 2.58. The van der Waals surface area contributed by atoms with E-state index in [1.54, 1.807) is 36.8 Å². The molecule has 1 aromatic heterocycles. The molecule has 2 aromatic rings. The lowest BCUT2D eigenvalue weighted by Crippen LogP contribution is -2.11. The molecule has 0 bridgehead atoms. The third kappa shape index (κ3) is 4.20. The van der Waals surface area contributed by atoms with Crippen LogP contribution in [0.3, 0.4) is 0 Å².